The van der Waals surface area contributed by atoms with Crippen LogP contribution in [0.3, 0.4) is 0 Å². The third-order valence-corrected chi connectivity index (χ3v) is 10.9. The molecule has 4 amide bonds. The summed E-state index contributed by atoms with van der Waals surface area (Å²) in [5, 5.41) is 45.5. The number of phenols is 1. The number of amides is 4. The fourth-order valence-electron chi connectivity index (χ4n) is 6.82. The molecule has 0 fully saturated rings. The maximum absolute atomic E-state index is 12.8. The van der Waals surface area contributed by atoms with E-state index in [0.29, 0.717) is 37.2 Å². The quantitative estimate of drug-likeness (QED) is 0.0273. The molecule has 0 radical (unpaired) electrons. The summed E-state index contributed by atoms with van der Waals surface area (Å²) in [5.74, 6) is -5.35. The molecule has 402 valence electrons. The maximum atomic E-state index is 12.8. The van der Waals surface area contributed by atoms with E-state index in [1.54, 1.807) is 48.8 Å². The van der Waals surface area contributed by atoms with E-state index in [0.717, 1.165) is 22.3 Å². The number of carbonyl (C=O) groups is 8. The number of phenolic OH excluding ortho intramolecular Hbond substituents is 1. The molecule has 0 aliphatic rings. The van der Waals surface area contributed by atoms with Crippen LogP contribution in [0.25, 0.3) is 0 Å². The fourth-order valence-corrected chi connectivity index (χ4v) is 6.82. The van der Waals surface area contributed by atoms with Gasteiger partial charge < -0.3 is 67.9 Å². The minimum absolute atomic E-state index is 0.00544. The summed E-state index contributed by atoms with van der Waals surface area (Å²) in [6.07, 6.45) is 7.17. The zero-order chi connectivity index (χ0) is 55.2. The monoisotopic (exact) mass is 1050 g/mol. The van der Waals surface area contributed by atoms with Gasteiger partial charge in [0.2, 0.25) is 23.6 Å². The first-order valence-corrected chi connectivity index (χ1v) is 23.9. The minimum atomic E-state index is -1.24. The van der Waals surface area contributed by atoms with E-state index >= 15 is 0 Å². The van der Waals surface area contributed by atoms with Gasteiger partial charge in [0.05, 0.1) is 49.0 Å². The van der Waals surface area contributed by atoms with Gasteiger partial charge in [-0.3, -0.25) is 38.4 Å². The molecule has 6 aromatic rings. The molecule has 76 heavy (non-hydrogen) atoms. The first-order chi connectivity index (χ1) is 36.4. The molecule has 0 saturated heterocycles. The Balaban J connectivity index is 0.000000278. The molecule has 4 atom stereocenters. The Kier molecular flexibility index (Phi) is 25.0. The topological polar surface area (TPSA) is 384 Å². The lowest BCUT2D eigenvalue weighted by Crippen LogP contribution is -2.53. The van der Waals surface area contributed by atoms with Gasteiger partial charge in [0.1, 0.15) is 23.6 Å². The van der Waals surface area contributed by atoms with Crippen LogP contribution in [-0.4, -0.2) is 119 Å². The molecule has 23 nitrogen and oxygen atoms in total. The number of esters is 1. The van der Waals surface area contributed by atoms with Crippen molar-refractivity contribution in [1.29, 1.82) is 0 Å². The number of aromatic nitrogens is 4. The number of aryl methyl sites for hydroxylation is 2. The number of hydrogen-bond acceptors (Lipinski definition) is 14. The van der Waals surface area contributed by atoms with Crippen molar-refractivity contribution in [2.24, 2.45) is 11.5 Å². The summed E-state index contributed by atoms with van der Waals surface area (Å²) in [5.41, 5.74) is 16.3. The number of H-pyrrole nitrogens is 2. The van der Waals surface area contributed by atoms with E-state index < -0.39 is 78.6 Å². The lowest BCUT2D eigenvalue weighted by Gasteiger charge is -2.20. The van der Waals surface area contributed by atoms with E-state index in [4.69, 9.17) is 36.6 Å². The van der Waals surface area contributed by atoms with Crippen LogP contribution in [0, 0.1) is 0 Å². The van der Waals surface area contributed by atoms with Crippen molar-refractivity contribution in [3.05, 3.63) is 168 Å². The van der Waals surface area contributed by atoms with Crippen molar-refractivity contribution >= 4 is 47.5 Å². The molecule has 0 unspecified atom stereocenters. The molecule has 2 aromatic heterocycles. The van der Waals surface area contributed by atoms with Crippen LogP contribution in [0.5, 0.6) is 11.5 Å². The molecule has 4 aromatic carbocycles. The number of ether oxygens (including phenoxy) is 1. The zero-order valence-corrected chi connectivity index (χ0v) is 41.3. The molecule has 6 rings (SSSR count). The van der Waals surface area contributed by atoms with Gasteiger partial charge in [-0.25, -0.2) is 9.97 Å². The van der Waals surface area contributed by atoms with Gasteiger partial charge in [0.25, 0.3) is 0 Å². The van der Waals surface area contributed by atoms with Crippen molar-refractivity contribution in [3.8, 4) is 11.5 Å². The van der Waals surface area contributed by atoms with Crippen molar-refractivity contribution in [3.63, 3.8) is 0 Å². The Morgan fingerprint density at radius 1 is 0.526 bits per heavy atom. The normalized spacial score (nSPS) is 12.0. The van der Waals surface area contributed by atoms with Gasteiger partial charge in [0, 0.05) is 51.2 Å². The number of carboxylic acids is 3. The second-order valence-corrected chi connectivity index (χ2v) is 17.0. The molecule has 0 saturated carbocycles. The van der Waals surface area contributed by atoms with Gasteiger partial charge in [-0.15, -0.1) is 0 Å². The second-order valence-electron chi connectivity index (χ2n) is 17.0. The Labute approximate surface area is 436 Å². The first-order valence-electron chi connectivity index (χ1n) is 23.9. The van der Waals surface area contributed by atoms with Gasteiger partial charge in [-0.05, 0) is 65.8 Å². The predicted octanol–water partition coefficient (Wildman–Crippen LogP) is 2.10. The number of nitrogens with two attached hydrogens (primary N) is 2. The zero-order valence-electron chi connectivity index (χ0n) is 41.3. The summed E-state index contributed by atoms with van der Waals surface area (Å²) in [6, 6.07) is 27.6. The van der Waals surface area contributed by atoms with Gasteiger partial charge in [-0.2, -0.15) is 0 Å². The first kappa shape index (κ1) is 59.3. The van der Waals surface area contributed by atoms with Gasteiger partial charge in [-0.1, -0.05) is 84.9 Å². The highest BCUT2D eigenvalue weighted by Gasteiger charge is 2.28. The average molecular weight is 1050 g/mol. The van der Waals surface area contributed by atoms with Crippen LogP contribution in [-0.2, 0) is 77.0 Å². The average Bonchev–Trinajstić information content (AvgIpc) is 4.13. The number of rotatable bonds is 26. The third-order valence-electron chi connectivity index (χ3n) is 10.9. The largest absolute Gasteiger partial charge is 0.508 e. The third kappa shape index (κ3) is 23.6. The van der Waals surface area contributed by atoms with Crippen molar-refractivity contribution in [1.82, 2.24) is 41.2 Å². The van der Waals surface area contributed by atoms with Gasteiger partial charge in [0.15, 0.2) is 0 Å². The Morgan fingerprint density at radius 3 is 1.43 bits per heavy atom. The smallest absolute Gasteiger partial charge is 0.313 e. The number of aromatic amines is 2. The number of nitrogens with zero attached hydrogens (tertiary/aromatic N) is 2. The van der Waals surface area contributed by atoms with Crippen molar-refractivity contribution in [2.45, 2.75) is 88.5 Å². The molecular formula is C53H62N10O13. The second kappa shape index (κ2) is 32.1. The Morgan fingerprint density at radius 2 is 0.974 bits per heavy atom. The predicted molar refractivity (Wildman–Crippen MR) is 275 cm³/mol. The Hall–Kier alpha value is -9.22. The molecule has 14 N–H and O–H groups in total. The summed E-state index contributed by atoms with van der Waals surface area (Å²) in [4.78, 5) is 108. The number of carboxylic acid groups (broad SMARTS) is 3. The van der Waals surface area contributed by atoms with Crippen LogP contribution in [0.1, 0.15) is 59.3 Å². The van der Waals surface area contributed by atoms with E-state index in [9.17, 15) is 38.4 Å². The number of aromatic hydroxyl groups is 1. The standard InChI is InChI=1S/C26H29N5O6.C18H23N5O4.C9H10O3/c27-21(13-24(34)37-20-9-6-17(7-10-20)8-11-23(32)33)25(35)31-22(12-19-15-28-16-30-19)26(36)29-14-18-4-2-1-3-5-18;19-14(9-16(24)25)17(26)23-15(8-13-10-20-11-22-13)18(27)21-7-6-12-4-2-1-3-5-12;10-8-4-1-7(2-5-8)3-6-9(11)12/h1-7,9-10,15-16,21-22H,8,11-14,27H2,(H,28,30)(H,29,36)(H,31,35)(H,32,33);1-5,10-11,14-15H,6-9,19H2,(H,20,22)(H,21,27)(H,23,26)(H,24,25);1-2,4-5,10H,3,6H2,(H,11,12)/t21-,22-;14-,15-;/m00./s1. The van der Waals surface area contributed by atoms with Crippen LogP contribution < -0.4 is 37.5 Å². The van der Waals surface area contributed by atoms with E-state index in [1.165, 1.54) is 24.8 Å². The molecule has 0 bridgehead atoms. The Bertz CT molecular complexity index is 2750. The number of nitrogens with one attached hydrogen (secondary N) is 6. The van der Waals surface area contributed by atoms with Crippen LogP contribution in [0.15, 0.2) is 134 Å². The highest BCUT2D eigenvalue weighted by Crippen LogP contribution is 2.15. The molecule has 0 aliphatic carbocycles. The number of hydrogen-bond donors (Lipinski definition) is 12. The minimum Gasteiger partial charge on any atom is -0.508 e. The lowest BCUT2D eigenvalue weighted by atomic mass is 10.1. The SMILES string of the molecule is N[C@@H](CC(=O)O)C(=O)N[C@@H](Cc1c[nH]cn1)C(=O)NCCc1ccccc1.N[C@@H](CC(=O)Oc1ccc(CCC(=O)O)cc1)C(=O)N[C@@H](Cc1c[nH]cn1)C(=O)NCc1ccccc1.O=C(O)CCc1ccc(O)cc1. The highest BCUT2D eigenvalue weighted by atomic mass is 16.5. The summed E-state index contributed by atoms with van der Waals surface area (Å²) >= 11 is 0. The number of aliphatic carboxylic acids is 3. The molecule has 0 spiro atoms. The summed E-state index contributed by atoms with van der Waals surface area (Å²) in [6.45, 7) is 0.678. The highest BCUT2D eigenvalue weighted by molar-refractivity contribution is 5.92. The van der Waals surface area contributed by atoms with E-state index in [-0.39, 0.29) is 49.6 Å². The molecule has 0 aliphatic heterocycles. The lowest BCUT2D eigenvalue weighted by molar-refractivity contribution is -0.140. The number of carbonyl (C=O) groups excluding carboxylic acids is 5. The summed E-state index contributed by atoms with van der Waals surface area (Å²) in [7, 11) is 0. The molecular weight excluding hydrogens is 985 g/mol. The number of benzene rings is 4. The fraction of sp³-hybridized carbons (Fsp3) is 0.283. The van der Waals surface area contributed by atoms with Crippen molar-refractivity contribution < 1.29 is 63.5 Å². The summed E-state index contributed by atoms with van der Waals surface area (Å²) < 4.78 is 5.23. The van der Waals surface area contributed by atoms with Crippen LogP contribution >= 0.6 is 0 Å². The molecule has 2 heterocycles. The van der Waals surface area contributed by atoms with Gasteiger partial charge >= 0.3 is 23.9 Å². The van der Waals surface area contributed by atoms with Crippen LogP contribution in [0.2, 0.25) is 0 Å². The molecule has 23 heteroatoms. The van der Waals surface area contributed by atoms with E-state index in [2.05, 4.69) is 41.2 Å². The van der Waals surface area contributed by atoms with Crippen molar-refractivity contribution in [2.75, 3.05) is 6.54 Å². The van der Waals surface area contributed by atoms with Crippen LogP contribution in [0.4, 0.5) is 0 Å². The number of imidazole rings is 2. The van der Waals surface area contributed by atoms with E-state index in [1.807, 2.05) is 60.7 Å². The maximum Gasteiger partial charge on any atom is 0.313 e.